The summed E-state index contributed by atoms with van der Waals surface area (Å²) in [6, 6.07) is 10.3. The molecule has 0 saturated carbocycles. The molecule has 1 aliphatic rings. The molecule has 5 nitrogen and oxygen atoms in total. The second-order valence-electron chi connectivity index (χ2n) is 5.01. The molecule has 1 heterocycles. The minimum atomic E-state index is -4.76. The van der Waals surface area contributed by atoms with Crippen LogP contribution in [0.25, 0.3) is 0 Å². The summed E-state index contributed by atoms with van der Waals surface area (Å²) in [7, 11) is 0. The van der Waals surface area contributed by atoms with Crippen LogP contribution in [0.1, 0.15) is 6.92 Å². The molecule has 0 amide bonds. The highest BCUT2D eigenvalue weighted by Crippen LogP contribution is 2.35. The van der Waals surface area contributed by atoms with Crippen molar-refractivity contribution >= 4 is 23.5 Å². The predicted octanol–water partition coefficient (Wildman–Crippen LogP) is 4.06. The quantitative estimate of drug-likeness (QED) is 0.676. The fraction of sp³-hybridized carbons (Fsp3) is 0.125. The molecule has 24 heavy (non-hydrogen) atoms. The second kappa shape index (κ2) is 5.88. The van der Waals surface area contributed by atoms with Gasteiger partial charge in [-0.2, -0.15) is 4.58 Å². The molecule has 0 atom stereocenters. The maximum Gasteiger partial charge on any atom is 0.573 e. The lowest BCUT2D eigenvalue weighted by Gasteiger charge is -2.15. The van der Waals surface area contributed by atoms with E-state index in [0.717, 1.165) is 11.9 Å². The van der Waals surface area contributed by atoms with Gasteiger partial charge in [0, 0.05) is 24.7 Å². The Kier molecular flexibility index (Phi) is 3.88. The first kappa shape index (κ1) is 15.9. The smallest absolute Gasteiger partial charge is 0.453 e. The Hall–Kier alpha value is -3.03. The highest BCUT2D eigenvalue weighted by molar-refractivity contribution is 5.92. The number of halogens is 3. The lowest BCUT2D eigenvalue weighted by molar-refractivity contribution is -0.311. The minimum absolute atomic E-state index is 0.193. The molecule has 1 aliphatic heterocycles. The van der Waals surface area contributed by atoms with Crippen molar-refractivity contribution in [1.82, 2.24) is 0 Å². The van der Waals surface area contributed by atoms with E-state index in [1.807, 2.05) is 6.92 Å². The van der Waals surface area contributed by atoms with Crippen molar-refractivity contribution in [2.75, 3.05) is 5.73 Å². The lowest BCUT2D eigenvalue weighted by atomic mass is 10.2. The van der Waals surface area contributed by atoms with Gasteiger partial charge in [-0.3, -0.25) is 0 Å². The molecule has 0 bridgehead atoms. The molecule has 2 aromatic carbocycles. The van der Waals surface area contributed by atoms with Crippen LogP contribution in [0.4, 0.5) is 24.5 Å². The molecule has 2 N–H and O–H groups in total. The number of nitrogen functional groups attached to an aromatic ring is 1. The van der Waals surface area contributed by atoms with Crippen molar-refractivity contribution in [2.24, 2.45) is 4.99 Å². The van der Waals surface area contributed by atoms with Gasteiger partial charge in [-0.05, 0) is 24.3 Å². The Bertz CT molecular complexity index is 845. The Morgan fingerprint density at radius 1 is 1.08 bits per heavy atom. The zero-order chi connectivity index (χ0) is 17.3. The van der Waals surface area contributed by atoms with Crippen LogP contribution in [0, 0.1) is 0 Å². The van der Waals surface area contributed by atoms with E-state index >= 15 is 0 Å². The number of nitrogens with two attached hydrogens (primary N) is 1. The summed E-state index contributed by atoms with van der Waals surface area (Å²) in [5.74, 6) is 0.987. The molecule has 0 spiro atoms. The van der Waals surface area contributed by atoms with E-state index < -0.39 is 6.36 Å². The number of amidine groups is 1. The third-order valence-electron chi connectivity index (χ3n) is 3.22. The predicted molar refractivity (Wildman–Crippen MR) is 83.1 cm³/mol. The number of benzene rings is 2. The number of anilines is 1. The number of nitrogens with zero attached hydrogens (tertiary/aromatic N) is 2. The Balaban J connectivity index is 1.90. The van der Waals surface area contributed by atoms with Crippen LogP contribution < -0.4 is 15.2 Å². The van der Waals surface area contributed by atoms with E-state index in [1.165, 1.54) is 18.2 Å². The van der Waals surface area contributed by atoms with Crippen LogP contribution in [-0.2, 0) is 0 Å². The van der Waals surface area contributed by atoms with Gasteiger partial charge in [-0.15, -0.1) is 13.2 Å². The van der Waals surface area contributed by atoms with Gasteiger partial charge in [-0.1, -0.05) is 11.1 Å². The lowest BCUT2D eigenvalue weighted by Crippen LogP contribution is -2.20. The molecule has 124 valence electrons. The van der Waals surface area contributed by atoms with E-state index in [0.29, 0.717) is 17.1 Å². The van der Waals surface area contributed by atoms with Crippen molar-refractivity contribution in [3.63, 3.8) is 0 Å². The van der Waals surface area contributed by atoms with Gasteiger partial charge in [0.2, 0.25) is 12.2 Å². The van der Waals surface area contributed by atoms with Crippen LogP contribution >= 0.6 is 0 Å². The van der Waals surface area contributed by atoms with Crippen LogP contribution in [0.2, 0.25) is 0 Å². The zero-order valence-corrected chi connectivity index (χ0v) is 12.5. The second-order valence-corrected chi connectivity index (χ2v) is 5.01. The largest absolute Gasteiger partial charge is 0.573 e. The maximum atomic E-state index is 12.3. The average molecular weight is 336 g/mol. The number of aliphatic imine (C=N–C) groups is 1. The highest BCUT2D eigenvalue weighted by atomic mass is 19.4. The summed E-state index contributed by atoms with van der Waals surface area (Å²) < 4.78 is 48.3. The van der Waals surface area contributed by atoms with Gasteiger partial charge >= 0.3 is 6.36 Å². The summed E-state index contributed by atoms with van der Waals surface area (Å²) in [6.45, 7) is 1.82. The van der Waals surface area contributed by atoms with Gasteiger partial charge in [0.1, 0.15) is 17.2 Å². The monoisotopic (exact) mass is 336 g/mol. The molecule has 8 heteroatoms. The fourth-order valence-corrected chi connectivity index (χ4v) is 2.14. The topological polar surface area (TPSA) is 59.9 Å². The molecule has 0 saturated heterocycles. The Morgan fingerprint density at radius 3 is 2.46 bits per heavy atom. The molecule has 2 aromatic rings. The molecular weight excluding hydrogens is 323 g/mol. The normalized spacial score (nSPS) is 13.7. The van der Waals surface area contributed by atoms with E-state index in [2.05, 4.69) is 9.73 Å². The maximum absolute atomic E-state index is 12.3. The van der Waals surface area contributed by atoms with Gasteiger partial charge in [0.05, 0.1) is 0 Å². The van der Waals surface area contributed by atoms with Crippen molar-refractivity contribution in [1.29, 1.82) is 0 Å². The van der Waals surface area contributed by atoms with Gasteiger partial charge in [0.15, 0.2) is 5.75 Å². The van der Waals surface area contributed by atoms with E-state index in [4.69, 9.17) is 10.5 Å². The first-order chi connectivity index (χ1) is 11.3. The van der Waals surface area contributed by atoms with Crippen LogP contribution in [0.15, 0.2) is 47.5 Å². The molecule has 0 aliphatic carbocycles. The summed E-state index contributed by atoms with van der Waals surface area (Å²) in [4.78, 5) is 4.04. The van der Waals surface area contributed by atoms with Crippen molar-refractivity contribution in [3.05, 3.63) is 42.5 Å². The standard InChI is InChI=1S/C16H13F3N3O2/c1-10-21-9-22(10)14-6-5-11(20)7-15(14)23-12-3-2-4-13(8-12)24-16(17,18)19/h2-9H,20H2,1H3/q+1. The van der Waals surface area contributed by atoms with E-state index in [9.17, 15) is 13.2 Å². The number of ether oxygens (including phenoxy) is 2. The van der Waals surface area contributed by atoms with Crippen molar-refractivity contribution < 1.29 is 27.2 Å². The summed E-state index contributed by atoms with van der Waals surface area (Å²) >= 11 is 0. The van der Waals surface area contributed by atoms with Crippen molar-refractivity contribution in [3.8, 4) is 17.2 Å². The molecule has 0 unspecified atom stereocenters. The molecule has 0 aromatic heterocycles. The number of hydrogen-bond acceptors (Lipinski definition) is 4. The Morgan fingerprint density at radius 2 is 1.83 bits per heavy atom. The molecule has 0 radical (unpaired) electrons. The summed E-state index contributed by atoms with van der Waals surface area (Å²) in [6.07, 6.45) is -3.15. The minimum Gasteiger partial charge on any atom is -0.453 e. The number of hydrogen-bond donors (Lipinski definition) is 1. The number of alkyl halides is 3. The van der Waals surface area contributed by atoms with Crippen molar-refractivity contribution in [2.45, 2.75) is 13.3 Å². The SMILES string of the molecule is CC1=[N+](c2ccc(N)cc2Oc2cccc(OC(F)(F)F)c2)C=N1. The van der Waals surface area contributed by atoms with E-state index in [1.54, 1.807) is 29.1 Å². The van der Waals surface area contributed by atoms with Gasteiger partial charge in [-0.25, -0.2) is 0 Å². The fourth-order valence-electron chi connectivity index (χ4n) is 2.14. The first-order valence-corrected chi connectivity index (χ1v) is 6.92. The third kappa shape index (κ3) is 3.48. The summed E-state index contributed by atoms with van der Waals surface area (Å²) in [5.41, 5.74) is 6.92. The Labute approximate surface area is 135 Å². The average Bonchev–Trinajstić information content (AvgIpc) is 2.47. The third-order valence-corrected chi connectivity index (χ3v) is 3.22. The summed E-state index contributed by atoms with van der Waals surface area (Å²) in [5, 5.41) is 0. The molecular formula is C16H13F3N3O2+. The van der Waals surface area contributed by atoms with Crippen LogP contribution in [0.5, 0.6) is 17.2 Å². The zero-order valence-electron chi connectivity index (χ0n) is 12.5. The van der Waals surface area contributed by atoms with Crippen LogP contribution in [0.3, 0.4) is 0 Å². The first-order valence-electron chi connectivity index (χ1n) is 6.92. The highest BCUT2D eigenvalue weighted by Gasteiger charge is 2.31. The molecule has 3 rings (SSSR count). The van der Waals surface area contributed by atoms with E-state index in [-0.39, 0.29) is 11.5 Å². The number of rotatable bonds is 4. The van der Waals surface area contributed by atoms with Gasteiger partial charge in [0.25, 0.3) is 0 Å². The van der Waals surface area contributed by atoms with Crippen LogP contribution in [-0.4, -0.2) is 23.1 Å². The molecule has 0 fully saturated rings. The van der Waals surface area contributed by atoms with Gasteiger partial charge < -0.3 is 15.2 Å².